The van der Waals surface area contributed by atoms with E-state index >= 15 is 0 Å². The van der Waals surface area contributed by atoms with Crippen LogP contribution in [0.15, 0.2) is 4.99 Å². The molecule has 0 radical (unpaired) electrons. The lowest BCUT2D eigenvalue weighted by Gasteiger charge is -2.25. The highest BCUT2D eigenvalue weighted by Crippen LogP contribution is 2.08. The SMILES string of the molecule is CC(C)CC(NC(=O)C(N)CC(=O)O)C(=O)NC(CCCN=C(N)N)C(=O)NC(CS)C(=O)O. The first kappa shape index (κ1) is 30.9. The zero-order chi connectivity index (χ0) is 26.4. The van der Waals surface area contributed by atoms with Crippen LogP contribution in [0.1, 0.15) is 39.5 Å². The number of nitrogens with one attached hydrogen (secondary N) is 3. The van der Waals surface area contributed by atoms with Gasteiger partial charge in [-0.3, -0.25) is 24.2 Å². The normalized spacial score (nSPS) is 14.3. The summed E-state index contributed by atoms with van der Waals surface area (Å²) in [5.41, 5.74) is 16.1. The molecule has 0 bridgehead atoms. The van der Waals surface area contributed by atoms with E-state index in [1.165, 1.54) is 0 Å². The van der Waals surface area contributed by atoms with Crippen LogP contribution >= 0.6 is 12.6 Å². The summed E-state index contributed by atoms with van der Waals surface area (Å²) in [7, 11) is 0. The lowest BCUT2D eigenvalue weighted by molar-refractivity contribution is -0.141. The van der Waals surface area contributed by atoms with Crippen molar-refractivity contribution in [2.75, 3.05) is 12.3 Å². The van der Waals surface area contributed by atoms with Crippen molar-refractivity contribution in [2.45, 2.75) is 63.7 Å². The minimum Gasteiger partial charge on any atom is -0.481 e. The summed E-state index contributed by atoms with van der Waals surface area (Å²) in [6, 6.07) is -4.93. The van der Waals surface area contributed by atoms with Gasteiger partial charge in [0.25, 0.3) is 0 Å². The van der Waals surface area contributed by atoms with Crippen molar-refractivity contribution in [1.29, 1.82) is 0 Å². The summed E-state index contributed by atoms with van der Waals surface area (Å²) in [5, 5.41) is 25.2. The number of aliphatic carboxylic acids is 2. The standard InChI is InChI=1S/C19H35N7O7S/c1-9(2)6-12(25-15(29)10(20)7-14(27)28)17(31)24-11(4-3-5-23-19(21)22)16(30)26-13(8-34)18(32)33/h9-13,34H,3-8,20H2,1-2H3,(H,24,31)(H,25,29)(H,26,30)(H,27,28)(H,32,33)(H4,21,22,23). The van der Waals surface area contributed by atoms with E-state index in [1.807, 2.05) is 0 Å². The van der Waals surface area contributed by atoms with Crippen LogP contribution in [0.4, 0.5) is 0 Å². The Morgan fingerprint density at radius 3 is 1.91 bits per heavy atom. The van der Waals surface area contributed by atoms with Crippen LogP contribution in [0.25, 0.3) is 0 Å². The summed E-state index contributed by atoms with van der Waals surface area (Å²) in [4.78, 5) is 63.7. The largest absolute Gasteiger partial charge is 0.481 e. The van der Waals surface area contributed by atoms with Gasteiger partial charge in [0.05, 0.1) is 12.5 Å². The van der Waals surface area contributed by atoms with Gasteiger partial charge in [-0.25, -0.2) is 4.79 Å². The third-order valence-electron chi connectivity index (χ3n) is 4.45. The molecule has 194 valence electrons. The van der Waals surface area contributed by atoms with Gasteiger partial charge in [-0.1, -0.05) is 13.8 Å². The number of carbonyl (C=O) groups excluding carboxylic acids is 3. The fourth-order valence-electron chi connectivity index (χ4n) is 2.76. The van der Waals surface area contributed by atoms with Gasteiger partial charge < -0.3 is 43.4 Å². The molecular weight excluding hydrogens is 470 g/mol. The average Bonchev–Trinajstić information content (AvgIpc) is 2.71. The smallest absolute Gasteiger partial charge is 0.327 e. The summed E-state index contributed by atoms with van der Waals surface area (Å²) in [6.07, 6.45) is -0.111. The quantitative estimate of drug-likeness (QED) is 0.0456. The summed E-state index contributed by atoms with van der Waals surface area (Å²) >= 11 is 3.90. The topological polar surface area (TPSA) is 252 Å². The molecule has 15 heteroatoms. The lowest BCUT2D eigenvalue weighted by Crippen LogP contribution is -2.57. The third kappa shape index (κ3) is 12.8. The molecule has 0 aromatic heterocycles. The van der Waals surface area contributed by atoms with E-state index in [1.54, 1.807) is 13.8 Å². The predicted molar refractivity (Wildman–Crippen MR) is 127 cm³/mol. The maximum atomic E-state index is 12.9. The minimum absolute atomic E-state index is 0.0542. The number of aliphatic imine (C=N–C) groups is 1. The van der Waals surface area contributed by atoms with Crippen LogP contribution in [-0.4, -0.2) is 82.3 Å². The molecule has 0 aromatic rings. The van der Waals surface area contributed by atoms with Crippen molar-refractivity contribution < 1.29 is 34.2 Å². The van der Waals surface area contributed by atoms with Gasteiger partial charge in [0.15, 0.2) is 5.96 Å². The molecule has 3 amide bonds. The minimum atomic E-state index is -1.37. The van der Waals surface area contributed by atoms with Gasteiger partial charge in [0, 0.05) is 12.3 Å². The molecule has 0 rings (SSSR count). The molecule has 0 aliphatic heterocycles. The molecule has 0 spiro atoms. The number of carboxylic acid groups (broad SMARTS) is 2. The Balaban J connectivity index is 5.53. The highest BCUT2D eigenvalue weighted by Gasteiger charge is 2.30. The Kier molecular flexibility index (Phi) is 14.3. The van der Waals surface area contributed by atoms with Crippen molar-refractivity contribution in [1.82, 2.24) is 16.0 Å². The molecule has 0 aliphatic rings. The highest BCUT2D eigenvalue weighted by atomic mass is 32.1. The fraction of sp³-hybridized carbons (Fsp3) is 0.684. The highest BCUT2D eigenvalue weighted by molar-refractivity contribution is 7.80. The number of hydrogen-bond donors (Lipinski definition) is 9. The Bertz CT molecular complexity index is 759. The maximum Gasteiger partial charge on any atom is 0.327 e. The Morgan fingerprint density at radius 2 is 1.44 bits per heavy atom. The van der Waals surface area contributed by atoms with Crippen LogP contribution in [0, 0.1) is 5.92 Å². The molecule has 34 heavy (non-hydrogen) atoms. The average molecular weight is 506 g/mol. The van der Waals surface area contributed by atoms with Crippen molar-refractivity contribution in [3.05, 3.63) is 0 Å². The number of hydrogen-bond acceptors (Lipinski definition) is 8. The van der Waals surface area contributed by atoms with Crippen LogP contribution in [0.3, 0.4) is 0 Å². The summed E-state index contributed by atoms with van der Waals surface area (Å²) in [5.74, 6) is -5.28. The van der Waals surface area contributed by atoms with Gasteiger partial charge in [0.1, 0.15) is 18.1 Å². The second-order valence-corrected chi connectivity index (χ2v) is 8.35. The Morgan fingerprint density at radius 1 is 0.912 bits per heavy atom. The van der Waals surface area contributed by atoms with Crippen molar-refractivity contribution in [3.63, 3.8) is 0 Å². The van der Waals surface area contributed by atoms with E-state index in [4.69, 9.17) is 27.4 Å². The summed E-state index contributed by atoms with van der Waals surface area (Å²) in [6.45, 7) is 3.76. The molecule has 4 atom stereocenters. The van der Waals surface area contributed by atoms with Gasteiger partial charge in [-0.15, -0.1) is 0 Å². The van der Waals surface area contributed by atoms with Crippen LogP contribution < -0.4 is 33.2 Å². The second kappa shape index (κ2) is 15.7. The third-order valence-corrected chi connectivity index (χ3v) is 4.81. The van der Waals surface area contributed by atoms with Gasteiger partial charge in [-0.2, -0.15) is 12.6 Å². The van der Waals surface area contributed by atoms with Crippen LogP contribution in [0.5, 0.6) is 0 Å². The zero-order valence-electron chi connectivity index (χ0n) is 19.2. The first-order chi connectivity index (χ1) is 15.8. The number of thiol groups is 1. The van der Waals surface area contributed by atoms with Gasteiger partial charge in [0.2, 0.25) is 17.7 Å². The number of nitrogens with zero attached hydrogens (tertiary/aromatic N) is 1. The van der Waals surface area contributed by atoms with Crippen LogP contribution in [-0.2, 0) is 24.0 Å². The Labute approximate surface area is 202 Å². The number of guanidine groups is 1. The number of rotatable bonds is 16. The predicted octanol–water partition coefficient (Wildman–Crippen LogP) is -2.64. The lowest BCUT2D eigenvalue weighted by atomic mass is 10.0. The Hall–Kier alpha value is -3.07. The van der Waals surface area contributed by atoms with E-state index < -0.39 is 60.2 Å². The molecule has 0 saturated heterocycles. The van der Waals surface area contributed by atoms with Crippen molar-refractivity contribution in [2.24, 2.45) is 28.1 Å². The first-order valence-electron chi connectivity index (χ1n) is 10.6. The fourth-order valence-corrected chi connectivity index (χ4v) is 3.01. The molecule has 0 aliphatic carbocycles. The molecule has 11 N–H and O–H groups in total. The number of carboxylic acids is 2. The number of nitrogens with two attached hydrogens (primary N) is 3. The van der Waals surface area contributed by atoms with Crippen molar-refractivity contribution in [3.8, 4) is 0 Å². The van der Waals surface area contributed by atoms with Crippen LogP contribution in [0.2, 0.25) is 0 Å². The zero-order valence-corrected chi connectivity index (χ0v) is 20.1. The molecule has 0 saturated carbocycles. The number of amides is 3. The maximum absolute atomic E-state index is 12.9. The number of carbonyl (C=O) groups is 5. The van der Waals surface area contributed by atoms with E-state index in [-0.39, 0.29) is 43.4 Å². The summed E-state index contributed by atoms with van der Waals surface area (Å²) < 4.78 is 0. The first-order valence-corrected chi connectivity index (χ1v) is 11.2. The van der Waals surface area contributed by atoms with E-state index in [0.29, 0.717) is 0 Å². The monoisotopic (exact) mass is 505 g/mol. The van der Waals surface area contributed by atoms with E-state index in [9.17, 15) is 24.0 Å². The molecule has 4 unspecified atom stereocenters. The second-order valence-electron chi connectivity index (χ2n) is 7.99. The molecule has 14 nitrogen and oxygen atoms in total. The van der Waals surface area contributed by atoms with E-state index in [0.717, 1.165) is 0 Å². The van der Waals surface area contributed by atoms with E-state index in [2.05, 4.69) is 33.6 Å². The molecule has 0 aromatic carbocycles. The van der Waals surface area contributed by atoms with Crippen molar-refractivity contribution >= 4 is 48.2 Å². The molecule has 0 heterocycles. The van der Waals surface area contributed by atoms with Gasteiger partial charge >= 0.3 is 11.9 Å². The molecular formula is C19H35N7O7S. The molecule has 0 fully saturated rings. The van der Waals surface area contributed by atoms with Gasteiger partial charge in [-0.05, 0) is 25.2 Å².